The molecular weight excluding hydrogens is 462 g/mol. The van der Waals surface area contributed by atoms with Crippen LogP contribution in [0.4, 0.5) is 5.69 Å². The first kappa shape index (κ1) is 31.0. The summed E-state index contributed by atoms with van der Waals surface area (Å²) >= 11 is 0. The van der Waals surface area contributed by atoms with E-state index < -0.39 is 0 Å². The Hall–Kier alpha value is -1.99. The Labute approximate surface area is 208 Å². The Balaban J connectivity index is 1.66. The van der Waals surface area contributed by atoms with Crippen molar-refractivity contribution in [2.75, 3.05) is 111 Å². The molecule has 0 bridgehead atoms. The summed E-state index contributed by atoms with van der Waals surface area (Å²) < 4.78 is 48.0. The van der Waals surface area contributed by atoms with E-state index in [4.69, 9.17) is 48.4 Å². The monoisotopic (exact) mass is 503 g/mol. The maximum absolute atomic E-state index is 10.6. The first-order valence-corrected chi connectivity index (χ1v) is 11.8. The van der Waals surface area contributed by atoms with E-state index in [1.165, 1.54) is 6.92 Å². The van der Waals surface area contributed by atoms with Crippen LogP contribution in [0.25, 0.3) is 0 Å². The van der Waals surface area contributed by atoms with Crippen molar-refractivity contribution in [3.8, 4) is 5.75 Å². The number of benzene rings is 1. The molecule has 2 N–H and O–H groups in total. The first-order chi connectivity index (χ1) is 17.2. The number of hydrogen-bond donors (Lipinski definition) is 1. The lowest BCUT2D eigenvalue weighted by Gasteiger charge is -2.09. The van der Waals surface area contributed by atoms with Gasteiger partial charge in [-0.1, -0.05) is 0 Å². The van der Waals surface area contributed by atoms with Gasteiger partial charge in [-0.3, -0.25) is 4.79 Å². The predicted octanol–water partition coefficient (Wildman–Crippen LogP) is 1.33. The smallest absolute Gasteiger partial charge is 0.302 e. The summed E-state index contributed by atoms with van der Waals surface area (Å²) in [6, 6.07) is 7.25. The molecule has 0 heterocycles. The summed E-state index contributed by atoms with van der Waals surface area (Å²) in [5.74, 6) is 0.460. The van der Waals surface area contributed by atoms with Gasteiger partial charge in [0, 0.05) is 12.6 Å². The van der Waals surface area contributed by atoms with Gasteiger partial charge in [0.2, 0.25) is 0 Å². The summed E-state index contributed by atoms with van der Waals surface area (Å²) in [7, 11) is 0. The third kappa shape index (κ3) is 22.2. The highest BCUT2D eigenvalue weighted by atomic mass is 16.6. The number of carbonyl (C=O) groups excluding carboxylic acids is 1. The lowest BCUT2D eigenvalue weighted by atomic mass is 10.3. The molecule has 11 nitrogen and oxygen atoms in total. The van der Waals surface area contributed by atoms with E-state index in [0.29, 0.717) is 105 Å². The topological polar surface area (TPSA) is 126 Å². The molecule has 202 valence electrons. The van der Waals surface area contributed by atoms with Crippen LogP contribution in [0, 0.1) is 0 Å². The van der Waals surface area contributed by atoms with Crippen LogP contribution in [0.1, 0.15) is 6.92 Å². The van der Waals surface area contributed by atoms with Gasteiger partial charge in [-0.2, -0.15) is 0 Å². The molecule has 1 rings (SSSR count). The van der Waals surface area contributed by atoms with Crippen LogP contribution in [0.3, 0.4) is 0 Å². The van der Waals surface area contributed by atoms with Crippen molar-refractivity contribution in [3.05, 3.63) is 24.3 Å². The van der Waals surface area contributed by atoms with E-state index in [1.807, 2.05) is 12.1 Å². The number of nitrogen functional groups attached to an aromatic ring is 1. The highest BCUT2D eigenvalue weighted by Gasteiger charge is 1.97. The van der Waals surface area contributed by atoms with Crippen LogP contribution < -0.4 is 10.5 Å². The van der Waals surface area contributed by atoms with Crippen molar-refractivity contribution in [3.63, 3.8) is 0 Å². The summed E-state index contributed by atoms with van der Waals surface area (Å²) in [5.41, 5.74) is 6.33. The van der Waals surface area contributed by atoms with Gasteiger partial charge in [0.25, 0.3) is 0 Å². The molecule has 0 aliphatic rings. The van der Waals surface area contributed by atoms with E-state index in [-0.39, 0.29) is 12.6 Å². The molecular formula is C24H41NO10. The molecule has 0 amide bonds. The minimum absolute atomic E-state index is 0.261. The fourth-order valence-corrected chi connectivity index (χ4v) is 2.45. The average Bonchev–Trinajstić information content (AvgIpc) is 2.85. The lowest BCUT2D eigenvalue weighted by Crippen LogP contribution is -2.15. The molecule has 0 aliphatic heterocycles. The van der Waals surface area contributed by atoms with Crippen molar-refractivity contribution in [2.24, 2.45) is 0 Å². The van der Waals surface area contributed by atoms with Crippen LogP contribution in [-0.4, -0.2) is 112 Å². The quantitative estimate of drug-likeness (QED) is 0.118. The van der Waals surface area contributed by atoms with Crippen LogP contribution in [0.15, 0.2) is 24.3 Å². The zero-order valence-corrected chi connectivity index (χ0v) is 20.8. The number of nitrogens with two attached hydrogens (primary N) is 1. The van der Waals surface area contributed by atoms with Gasteiger partial charge in [0.05, 0.1) is 92.5 Å². The van der Waals surface area contributed by atoms with Gasteiger partial charge in [-0.05, 0) is 24.3 Å². The SMILES string of the molecule is CC(=O)OCCOCCOCCOCCOCCOCCOCCOCCOc1ccc(N)cc1. The van der Waals surface area contributed by atoms with Crippen molar-refractivity contribution < 1.29 is 47.4 Å². The first-order valence-electron chi connectivity index (χ1n) is 11.8. The minimum Gasteiger partial charge on any atom is -0.491 e. The van der Waals surface area contributed by atoms with Crippen molar-refractivity contribution in [1.82, 2.24) is 0 Å². The second-order valence-electron chi connectivity index (χ2n) is 7.04. The Bertz CT molecular complexity index is 602. The summed E-state index contributed by atoms with van der Waals surface area (Å²) in [4.78, 5) is 10.6. The van der Waals surface area contributed by atoms with E-state index in [0.717, 1.165) is 5.75 Å². The van der Waals surface area contributed by atoms with Crippen molar-refractivity contribution in [2.45, 2.75) is 6.92 Å². The Morgan fingerprint density at radius 2 is 0.857 bits per heavy atom. The predicted molar refractivity (Wildman–Crippen MR) is 129 cm³/mol. The fourth-order valence-electron chi connectivity index (χ4n) is 2.45. The molecule has 0 fully saturated rings. The molecule has 0 saturated heterocycles. The Kier molecular flexibility index (Phi) is 21.1. The van der Waals surface area contributed by atoms with E-state index in [2.05, 4.69) is 0 Å². The molecule has 0 saturated carbocycles. The van der Waals surface area contributed by atoms with E-state index in [9.17, 15) is 4.79 Å². The Morgan fingerprint density at radius 3 is 1.20 bits per heavy atom. The molecule has 0 aliphatic carbocycles. The molecule has 0 atom stereocenters. The number of ether oxygens (including phenoxy) is 9. The van der Waals surface area contributed by atoms with E-state index in [1.54, 1.807) is 12.1 Å². The van der Waals surface area contributed by atoms with Crippen LogP contribution in [-0.2, 0) is 42.7 Å². The number of hydrogen-bond acceptors (Lipinski definition) is 11. The van der Waals surface area contributed by atoms with Gasteiger partial charge in [0.15, 0.2) is 0 Å². The molecule has 11 heteroatoms. The molecule has 0 spiro atoms. The zero-order valence-electron chi connectivity index (χ0n) is 20.8. The summed E-state index contributed by atoms with van der Waals surface area (Å²) in [6.45, 7) is 8.87. The summed E-state index contributed by atoms with van der Waals surface area (Å²) in [6.07, 6.45) is 0. The second-order valence-corrected chi connectivity index (χ2v) is 7.04. The number of esters is 1. The van der Waals surface area contributed by atoms with Crippen molar-refractivity contribution in [1.29, 1.82) is 0 Å². The average molecular weight is 504 g/mol. The maximum Gasteiger partial charge on any atom is 0.302 e. The lowest BCUT2D eigenvalue weighted by molar-refractivity contribution is -0.142. The zero-order chi connectivity index (χ0) is 25.2. The fraction of sp³-hybridized carbons (Fsp3) is 0.708. The maximum atomic E-state index is 10.6. The van der Waals surface area contributed by atoms with Crippen LogP contribution >= 0.6 is 0 Å². The van der Waals surface area contributed by atoms with Gasteiger partial charge < -0.3 is 48.4 Å². The second kappa shape index (κ2) is 23.7. The normalized spacial score (nSPS) is 11.0. The minimum atomic E-state index is -0.310. The van der Waals surface area contributed by atoms with E-state index >= 15 is 0 Å². The van der Waals surface area contributed by atoms with Gasteiger partial charge in [-0.25, -0.2) is 0 Å². The molecule has 0 unspecified atom stereocenters. The van der Waals surface area contributed by atoms with Crippen LogP contribution in [0.2, 0.25) is 0 Å². The standard InChI is InChI=1S/C24H41NO10/c1-22(26)34-20-18-32-16-14-30-12-10-28-8-6-27-7-9-29-11-13-31-15-17-33-19-21-35-24-4-2-23(25)3-5-24/h2-5H,6-21,25H2,1H3. The molecule has 0 aromatic heterocycles. The Morgan fingerprint density at radius 1 is 0.543 bits per heavy atom. The van der Waals surface area contributed by atoms with Gasteiger partial charge >= 0.3 is 5.97 Å². The third-order valence-corrected chi connectivity index (χ3v) is 4.14. The molecule has 1 aromatic rings. The van der Waals surface area contributed by atoms with Gasteiger partial charge in [-0.15, -0.1) is 0 Å². The molecule has 1 aromatic carbocycles. The number of anilines is 1. The number of carbonyl (C=O) groups is 1. The molecule has 0 radical (unpaired) electrons. The van der Waals surface area contributed by atoms with Gasteiger partial charge in [0.1, 0.15) is 19.0 Å². The summed E-state index contributed by atoms with van der Waals surface area (Å²) in [5, 5.41) is 0. The number of rotatable bonds is 25. The van der Waals surface area contributed by atoms with Crippen molar-refractivity contribution >= 4 is 11.7 Å². The molecule has 35 heavy (non-hydrogen) atoms. The highest BCUT2D eigenvalue weighted by Crippen LogP contribution is 2.12. The third-order valence-electron chi connectivity index (χ3n) is 4.14. The highest BCUT2D eigenvalue weighted by molar-refractivity contribution is 5.65. The largest absolute Gasteiger partial charge is 0.491 e. The van der Waals surface area contributed by atoms with Crippen LogP contribution in [0.5, 0.6) is 5.75 Å².